The van der Waals surface area contributed by atoms with Crippen molar-refractivity contribution in [2.45, 2.75) is 26.8 Å². The van der Waals surface area contributed by atoms with E-state index in [2.05, 4.69) is 4.99 Å². The number of fused-ring (bicyclic) bond motifs is 1. The Kier molecular flexibility index (Phi) is 8.26. The second kappa shape index (κ2) is 12.2. The van der Waals surface area contributed by atoms with Crippen LogP contribution in [-0.2, 0) is 9.53 Å². The van der Waals surface area contributed by atoms with Crippen LogP contribution in [0.1, 0.15) is 36.6 Å². The van der Waals surface area contributed by atoms with Gasteiger partial charge in [0.05, 0.1) is 28.5 Å². The van der Waals surface area contributed by atoms with E-state index in [0.29, 0.717) is 39.6 Å². The van der Waals surface area contributed by atoms with Gasteiger partial charge in [0, 0.05) is 0 Å². The van der Waals surface area contributed by atoms with E-state index in [1.54, 1.807) is 18.4 Å². The molecule has 5 rings (SSSR count). The minimum absolute atomic E-state index is 0.208. The lowest BCUT2D eigenvalue weighted by molar-refractivity contribution is -0.139. The highest BCUT2D eigenvalue weighted by atomic mass is 32.1. The maximum atomic E-state index is 13.7. The highest BCUT2D eigenvalue weighted by molar-refractivity contribution is 7.07. The molecule has 0 N–H and O–H groups in total. The lowest BCUT2D eigenvalue weighted by Gasteiger charge is -2.24. The van der Waals surface area contributed by atoms with Gasteiger partial charge < -0.3 is 14.2 Å². The van der Waals surface area contributed by atoms with Gasteiger partial charge in [0.25, 0.3) is 5.56 Å². The standard InChI is InChI=1S/C32H30N2O5S/c1-4-37-31(36)28-22(3)33-32-34(29(28)24-8-6-5-7-9-24)30(35)27(40-32)20-23-12-16-26(17-13-23)39-19-18-38-25-14-10-21(2)11-15-25/h5-17,20,29H,4,18-19H2,1-3H3/b27-20-/t29-/m1/s1. The van der Waals surface area contributed by atoms with Crippen LogP contribution in [0, 0.1) is 6.92 Å². The molecule has 3 aromatic carbocycles. The first kappa shape index (κ1) is 27.1. The number of hydrogen-bond acceptors (Lipinski definition) is 7. The van der Waals surface area contributed by atoms with Crippen LogP contribution in [0.4, 0.5) is 0 Å². The number of allylic oxidation sites excluding steroid dienone is 1. The van der Waals surface area contributed by atoms with Crippen LogP contribution in [0.15, 0.2) is 99.9 Å². The normalized spacial score (nSPS) is 14.9. The summed E-state index contributed by atoms with van der Waals surface area (Å²) in [4.78, 5) is 31.8. The molecule has 1 aliphatic heterocycles. The molecule has 0 amide bonds. The fourth-order valence-corrected chi connectivity index (χ4v) is 5.55. The summed E-state index contributed by atoms with van der Waals surface area (Å²) < 4.78 is 19.0. The smallest absolute Gasteiger partial charge is 0.338 e. The van der Waals surface area contributed by atoms with Gasteiger partial charge >= 0.3 is 5.97 Å². The molecule has 0 unspecified atom stereocenters. The number of aryl methyl sites for hydroxylation is 1. The molecule has 8 heteroatoms. The fraction of sp³-hybridized carbons (Fsp3) is 0.219. The Morgan fingerprint density at radius 3 is 2.17 bits per heavy atom. The summed E-state index contributed by atoms with van der Waals surface area (Å²) in [5.41, 5.74) is 3.57. The van der Waals surface area contributed by atoms with E-state index in [1.807, 2.05) is 91.9 Å². The Morgan fingerprint density at radius 2 is 1.55 bits per heavy atom. The largest absolute Gasteiger partial charge is 0.490 e. The maximum Gasteiger partial charge on any atom is 0.338 e. The zero-order valence-corrected chi connectivity index (χ0v) is 23.4. The highest BCUT2D eigenvalue weighted by Crippen LogP contribution is 2.30. The van der Waals surface area contributed by atoms with Gasteiger partial charge in [-0.05, 0) is 62.2 Å². The van der Waals surface area contributed by atoms with Crippen LogP contribution in [0.2, 0.25) is 0 Å². The summed E-state index contributed by atoms with van der Waals surface area (Å²) in [5, 5.41) is 0. The Morgan fingerprint density at radius 1 is 0.925 bits per heavy atom. The lowest BCUT2D eigenvalue weighted by Crippen LogP contribution is -2.39. The van der Waals surface area contributed by atoms with E-state index in [9.17, 15) is 9.59 Å². The van der Waals surface area contributed by atoms with Crippen molar-refractivity contribution in [3.05, 3.63) is 127 Å². The van der Waals surface area contributed by atoms with Gasteiger partial charge in [0.15, 0.2) is 4.80 Å². The topological polar surface area (TPSA) is 79.1 Å². The van der Waals surface area contributed by atoms with Crippen molar-refractivity contribution >= 4 is 23.4 Å². The summed E-state index contributed by atoms with van der Waals surface area (Å²) in [6.45, 7) is 6.66. The maximum absolute atomic E-state index is 13.7. The molecular weight excluding hydrogens is 524 g/mol. The third-order valence-corrected chi connectivity index (χ3v) is 7.43. The van der Waals surface area contributed by atoms with Crippen molar-refractivity contribution in [3.8, 4) is 11.5 Å². The van der Waals surface area contributed by atoms with Crippen LogP contribution >= 0.6 is 11.3 Å². The zero-order valence-electron chi connectivity index (χ0n) is 22.6. The van der Waals surface area contributed by atoms with Crippen molar-refractivity contribution in [2.75, 3.05) is 19.8 Å². The second-order valence-electron chi connectivity index (χ2n) is 9.29. The molecule has 1 aromatic heterocycles. The van der Waals surface area contributed by atoms with E-state index in [4.69, 9.17) is 14.2 Å². The number of ether oxygens (including phenoxy) is 3. The number of carbonyl (C=O) groups is 1. The molecule has 4 aromatic rings. The summed E-state index contributed by atoms with van der Waals surface area (Å²) in [7, 11) is 0. The van der Waals surface area contributed by atoms with E-state index in [0.717, 1.165) is 16.9 Å². The van der Waals surface area contributed by atoms with Gasteiger partial charge in [0.1, 0.15) is 24.7 Å². The number of aromatic nitrogens is 1. The molecule has 0 saturated carbocycles. The third-order valence-electron chi connectivity index (χ3n) is 6.45. The predicted molar refractivity (Wildman–Crippen MR) is 155 cm³/mol. The van der Waals surface area contributed by atoms with Gasteiger partial charge in [-0.25, -0.2) is 9.79 Å². The van der Waals surface area contributed by atoms with Gasteiger partial charge in [-0.1, -0.05) is 71.5 Å². The van der Waals surface area contributed by atoms with Gasteiger partial charge in [-0.2, -0.15) is 0 Å². The number of thiazole rings is 1. The Labute approximate surface area is 236 Å². The number of carbonyl (C=O) groups excluding carboxylic acids is 1. The molecule has 204 valence electrons. The summed E-state index contributed by atoms with van der Waals surface area (Å²) in [6.07, 6.45) is 1.83. The minimum Gasteiger partial charge on any atom is -0.490 e. The van der Waals surface area contributed by atoms with Crippen LogP contribution < -0.4 is 24.4 Å². The summed E-state index contributed by atoms with van der Waals surface area (Å²) in [5.74, 6) is 1.06. The molecular formula is C32H30N2O5S. The lowest BCUT2D eigenvalue weighted by atomic mass is 9.96. The van der Waals surface area contributed by atoms with E-state index < -0.39 is 12.0 Å². The minimum atomic E-state index is -0.614. The zero-order chi connectivity index (χ0) is 28.1. The van der Waals surface area contributed by atoms with Crippen LogP contribution in [-0.4, -0.2) is 30.4 Å². The number of hydrogen-bond donors (Lipinski definition) is 0. The Bertz CT molecular complexity index is 1700. The predicted octanol–water partition coefficient (Wildman–Crippen LogP) is 4.56. The van der Waals surface area contributed by atoms with Gasteiger partial charge in [-0.15, -0.1) is 0 Å². The molecule has 0 spiro atoms. The van der Waals surface area contributed by atoms with Crippen molar-refractivity contribution < 1.29 is 19.0 Å². The number of esters is 1. The summed E-state index contributed by atoms with van der Waals surface area (Å²) in [6, 6.07) is 24.3. The molecule has 0 radical (unpaired) electrons. The van der Waals surface area contributed by atoms with Gasteiger partial charge in [-0.3, -0.25) is 9.36 Å². The number of benzene rings is 3. The molecule has 2 heterocycles. The molecule has 0 fully saturated rings. The van der Waals surface area contributed by atoms with E-state index in [-0.39, 0.29) is 12.2 Å². The first-order chi connectivity index (χ1) is 19.4. The molecule has 40 heavy (non-hydrogen) atoms. The van der Waals surface area contributed by atoms with Crippen molar-refractivity contribution in [3.63, 3.8) is 0 Å². The van der Waals surface area contributed by atoms with Crippen LogP contribution in [0.5, 0.6) is 11.5 Å². The molecule has 0 bridgehead atoms. The molecule has 0 aliphatic carbocycles. The highest BCUT2D eigenvalue weighted by Gasteiger charge is 2.33. The number of rotatable bonds is 9. The summed E-state index contributed by atoms with van der Waals surface area (Å²) >= 11 is 1.30. The second-order valence-corrected chi connectivity index (χ2v) is 10.3. The molecule has 1 atom stereocenters. The van der Waals surface area contributed by atoms with Crippen LogP contribution in [0.25, 0.3) is 6.08 Å². The van der Waals surface area contributed by atoms with Crippen molar-refractivity contribution in [1.82, 2.24) is 4.57 Å². The monoisotopic (exact) mass is 554 g/mol. The van der Waals surface area contributed by atoms with E-state index in [1.165, 1.54) is 16.9 Å². The average molecular weight is 555 g/mol. The Balaban J connectivity index is 1.37. The quantitative estimate of drug-likeness (QED) is 0.224. The number of nitrogens with zero attached hydrogens (tertiary/aromatic N) is 2. The van der Waals surface area contributed by atoms with E-state index >= 15 is 0 Å². The van der Waals surface area contributed by atoms with Crippen molar-refractivity contribution in [1.29, 1.82) is 0 Å². The van der Waals surface area contributed by atoms with Crippen molar-refractivity contribution in [2.24, 2.45) is 4.99 Å². The molecule has 1 aliphatic rings. The molecule has 0 saturated heterocycles. The fourth-order valence-electron chi connectivity index (χ4n) is 4.51. The Hall–Kier alpha value is -4.43. The SMILES string of the molecule is CCOC(=O)C1=C(C)N=c2s/c(=C\c3ccc(OCCOc4ccc(C)cc4)cc3)c(=O)n2[C@@H]1c1ccccc1. The first-order valence-corrected chi connectivity index (χ1v) is 13.9. The average Bonchev–Trinajstić information content (AvgIpc) is 3.26. The first-order valence-electron chi connectivity index (χ1n) is 13.1. The van der Waals surface area contributed by atoms with Crippen LogP contribution in [0.3, 0.4) is 0 Å². The third kappa shape index (κ3) is 5.92. The van der Waals surface area contributed by atoms with Gasteiger partial charge in [0.2, 0.25) is 0 Å². The molecule has 7 nitrogen and oxygen atoms in total.